The largest absolute Gasteiger partial charge is 0.625 e. The van der Waals surface area contributed by atoms with E-state index >= 15 is 0 Å². The molecule has 0 saturated carbocycles. The number of carbonyl (C=O) groups excluding carboxylic acids is 1. The fraction of sp³-hybridized carbons (Fsp3) is 0.250. The molecule has 1 aliphatic carbocycles. The maximum atomic E-state index is 13.7. The van der Waals surface area contributed by atoms with E-state index in [4.69, 9.17) is 4.99 Å². The second-order valence-electron chi connectivity index (χ2n) is 11.2. The van der Waals surface area contributed by atoms with Crippen LogP contribution in [-0.2, 0) is 39.0 Å². The number of amides is 1. The molecule has 2 aliphatic rings. The van der Waals surface area contributed by atoms with Crippen molar-refractivity contribution in [3.05, 3.63) is 141 Å². The molecule has 1 aliphatic heterocycles. The summed E-state index contributed by atoms with van der Waals surface area (Å²) in [6, 6.07) is 32.0. The Labute approximate surface area is 276 Å². The van der Waals surface area contributed by atoms with E-state index in [9.17, 15) is 14.7 Å². The van der Waals surface area contributed by atoms with E-state index in [0.29, 0.717) is 29.9 Å². The first-order valence-electron chi connectivity index (χ1n) is 14.8. The maximum absolute atomic E-state index is 13.7. The average Bonchev–Trinajstić information content (AvgIpc) is 3.66. The van der Waals surface area contributed by atoms with Gasteiger partial charge >= 0.3 is 5.97 Å². The molecular weight excluding hydrogens is 661 g/mol. The van der Waals surface area contributed by atoms with Gasteiger partial charge in [0.05, 0.1) is 17.7 Å². The predicted molar refractivity (Wildman–Crippen MR) is 173 cm³/mol. The monoisotopic (exact) mass is 692 g/mol. The van der Waals surface area contributed by atoms with Gasteiger partial charge in [-0.3, -0.25) is 9.89 Å². The van der Waals surface area contributed by atoms with Gasteiger partial charge in [0.1, 0.15) is 0 Å². The zero-order chi connectivity index (χ0) is 29.8. The summed E-state index contributed by atoms with van der Waals surface area (Å²) in [5, 5.41) is 15.1. The standard InChI is InChI=1S/C36H34BrN3O3.Ni/c37-27-19-17-25-18-20-28(30(25)22-27)34(36(42)43)39-33(26-12-5-2-6-13-26)29-14-7-8-15-31(29)38-35(41)32-16-9-21-40(32)23-24-10-3-1-4-11-24;/h1-8,10-15,17,19,22,28,32,34H,9,16,18,20-21,23H2,(H2,38,39,41,42,43);/p-1/t28-,32+,34+;/m1./s1. The van der Waals surface area contributed by atoms with Crippen LogP contribution in [0.4, 0.5) is 5.69 Å². The number of carboxylic acids is 1. The summed E-state index contributed by atoms with van der Waals surface area (Å²) in [4.78, 5) is 33.7. The van der Waals surface area contributed by atoms with Gasteiger partial charge in [0.2, 0.25) is 0 Å². The van der Waals surface area contributed by atoms with Gasteiger partial charge in [-0.15, -0.1) is 5.69 Å². The summed E-state index contributed by atoms with van der Waals surface area (Å²) < 4.78 is 0.922. The Morgan fingerprint density at radius 2 is 1.64 bits per heavy atom. The summed E-state index contributed by atoms with van der Waals surface area (Å²) in [6.45, 7) is 1.54. The Hall–Kier alpha value is -3.58. The second-order valence-corrected chi connectivity index (χ2v) is 12.1. The van der Waals surface area contributed by atoms with Crippen LogP contribution in [0.1, 0.15) is 53.0 Å². The van der Waals surface area contributed by atoms with Crippen molar-refractivity contribution in [2.24, 2.45) is 4.99 Å². The van der Waals surface area contributed by atoms with Gasteiger partial charge < -0.3 is 15.2 Å². The van der Waals surface area contributed by atoms with Gasteiger partial charge in [0, 0.05) is 39.0 Å². The number of benzene rings is 4. The van der Waals surface area contributed by atoms with Crippen molar-refractivity contribution in [3.63, 3.8) is 0 Å². The zero-order valence-electron chi connectivity index (χ0n) is 24.1. The van der Waals surface area contributed by atoms with Gasteiger partial charge in [0.25, 0.3) is 0 Å². The van der Waals surface area contributed by atoms with E-state index in [1.54, 1.807) is 0 Å². The molecule has 8 heteroatoms. The molecule has 4 aromatic carbocycles. The quantitative estimate of drug-likeness (QED) is 0.144. The van der Waals surface area contributed by atoms with Gasteiger partial charge in [0.15, 0.2) is 6.04 Å². The fourth-order valence-electron chi connectivity index (χ4n) is 6.36. The van der Waals surface area contributed by atoms with Crippen LogP contribution in [-0.4, -0.2) is 46.2 Å². The molecule has 44 heavy (non-hydrogen) atoms. The average molecular weight is 694 g/mol. The minimum Gasteiger partial charge on any atom is -0.625 e. The molecule has 1 N–H and O–H groups in total. The van der Waals surface area contributed by atoms with Gasteiger partial charge in [-0.25, -0.2) is 4.79 Å². The molecular formula is C36H33BrN3NiO3-. The van der Waals surface area contributed by atoms with Crippen molar-refractivity contribution in [3.8, 4) is 0 Å². The third-order valence-electron chi connectivity index (χ3n) is 8.45. The molecule has 1 saturated heterocycles. The molecule has 0 aromatic heterocycles. The smallest absolute Gasteiger partial charge is 0.329 e. The number of rotatable bonds is 9. The number of likely N-dealkylation sites (tertiary alicyclic amines) is 1. The number of aliphatic carboxylic acids is 1. The SMILES string of the molecule is O=C(O)[C@@H](N=C(c1ccccc1)c1ccccc1[N-]C(=O)[C@@H]1CCCN1Cc1ccccc1)[C@@H]1CCc2ccc(Br)cc21.[Ni]. The van der Waals surface area contributed by atoms with Crippen molar-refractivity contribution in [1.29, 1.82) is 0 Å². The number of para-hydroxylation sites is 1. The van der Waals surface area contributed by atoms with Crippen LogP contribution in [0.25, 0.3) is 5.32 Å². The van der Waals surface area contributed by atoms with Crippen LogP contribution in [0, 0.1) is 0 Å². The molecule has 0 bridgehead atoms. The van der Waals surface area contributed by atoms with Crippen molar-refractivity contribution in [1.82, 2.24) is 4.90 Å². The zero-order valence-corrected chi connectivity index (χ0v) is 26.7. The number of hydrogen-bond acceptors (Lipinski definition) is 4. The van der Waals surface area contributed by atoms with Crippen LogP contribution < -0.4 is 0 Å². The second kappa shape index (κ2) is 14.5. The van der Waals surface area contributed by atoms with Gasteiger partial charge in [-0.05, 0) is 66.6 Å². The summed E-state index contributed by atoms with van der Waals surface area (Å²) in [7, 11) is 0. The normalized spacial score (nSPS) is 18.7. The molecule has 0 spiro atoms. The van der Waals surface area contributed by atoms with Crippen LogP contribution in [0.2, 0.25) is 0 Å². The minimum absolute atomic E-state index is 0. The Balaban J connectivity index is 0.00000384. The summed E-state index contributed by atoms with van der Waals surface area (Å²) in [6.07, 6.45) is 3.22. The van der Waals surface area contributed by atoms with Crippen molar-refractivity contribution >= 4 is 39.2 Å². The van der Waals surface area contributed by atoms with Crippen LogP contribution in [0.5, 0.6) is 0 Å². The van der Waals surface area contributed by atoms with Crippen molar-refractivity contribution in [2.75, 3.05) is 6.54 Å². The number of fused-ring (bicyclic) bond motifs is 1. The maximum Gasteiger partial charge on any atom is 0.329 e. The van der Waals surface area contributed by atoms with Gasteiger partial charge in [-0.1, -0.05) is 107 Å². The van der Waals surface area contributed by atoms with E-state index in [0.717, 1.165) is 47.0 Å². The summed E-state index contributed by atoms with van der Waals surface area (Å²) in [5.74, 6) is -1.42. The van der Waals surface area contributed by atoms with E-state index in [1.165, 1.54) is 5.56 Å². The van der Waals surface area contributed by atoms with E-state index in [-0.39, 0.29) is 34.4 Å². The fourth-order valence-corrected chi connectivity index (χ4v) is 6.74. The molecule has 6 nitrogen and oxygen atoms in total. The summed E-state index contributed by atoms with van der Waals surface area (Å²) in [5.41, 5.74) is 5.80. The predicted octanol–water partition coefficient (Wildman–Crippen LogP) is 7.66. The molecule has 4 aromatic rings. The molecule has 228 valence electrons. The molecule has 0 unspecified atom stereocenters. The number of carbonyl (C=O) groups is 2. The number of aliphatic imine (C=N–C) groups is 1. The number of carboxylic acid groups (broad SMARTS) is 1. The van der Waals surface area contributed by atoms with Crippen molar-refractivity contribution < 1.29 is 31.2 Å². The molecule has 3 atom stereocenters. The Bertz CT molecular complexity index is 1650. The van der Waals surface area contributed by atoms with E-state index in [2.05, 4.69) is 44.3 Å². The molecule has 1 heterocycles. The minimum atomic E-state index is -0.995. The first-order chi connectivity index (χ1) is 21.0. The first kappa shape index (κ1) is 31.8. The number of aryl methyl sites for hydroxylation is 1. The number of nitrogens with zero attached hydrogens (tertiary/aromatic N) is 3. The van der Waals surface area contributed by atoms with E-state index in [1.807, 2.05) is 84.9 Å². The molecule has 1 fully saturated rings. The van der Waals surface area contributed by atoms with Gasteiger partial charge in [-0.2, -0.15) is 0 Å². The Morgan fingerprint density at radius 1 is 0.932 bits per heavy atom. The molecule has 0 radical (unpaired) electrons. The molecule has 1 amide bonds. The Kier molecular flexibility index (Phi) is 10.5. The van der Waals surface area contributed by atoms with Crippen LogP contribution >= 0.6 is 15.9 Å². The third-order valence-corrected chi connectivity index (χ3v) is 8.94. The topological polar surface area (TPSA) is 84.1 Å². The summed E-state index contributed by atoms with van der Waals surface area (Å²) >= 11 is 3.55. The Morgan fingerprint density at radius 3 is 2.39 bits per heavy atom. The number of halogens is 1. The third kappa shape index (κ3) is 7.04. The first-order valence-corrected chi connectivity index (χ1v) is 15.5. The molecule has 6 rings (SSSR count). The van der Waals surface area contributed by atoms with Crippen LogP contribution in [0.3, 0.4) is 0 Å². The number of hydrogen-bond donors (Lipinski definition) is 1. The van der Waals surface area contributed by atoms with Crippen molar-refractivity contribution in [2.45, 2.75) is 50.2 Å². The van der Waals surface area contributed by atoms with Crippen LogP contribution in [0.15, 0.2) is 113 Å². The van der Waals surface area contributed by atoms with E-state index < -0.39 is 12.0 Å².